The van der Waals surface area contributed by atoms with Crippen molar-refractivity contribution in [2.24, 2.45) is 0 Å². The van der Waals surface area contributed by atoms with Gasteiger partial charge < -0.3 is 9.84 Å². The molecule has 2 aliphatic heterocycles. The zero-order chi connectivity index (χ0) is 11.2. The lowest BCUT2D eigenvalue weighted by Gasteiger charge is -2.48. The van der Waals surface area contributed by atoms with Crippen LogP contribution >= 0.6 is 11.8 Å². The molecule has 1 N–H and O–H groups in total. The molecule has 2 heterocycles. The Morgan fingerprint density at radius 2 is 2.33 bits per heavy atom. The summed E-state index contributed by atoms with van der Waals surface area (Å²) in [4.78, 5) is 23.9. The molecular weight excluding hydrogens is 218 g/mol. The summed E-state index contributed by atoms with van der Waals surface area (Å²) in [5, 5.41) is 8.84. The van der Waals surface area contributed by atoms with Gasteiger partial charge in [-0.2, -0.15) is 0 Å². The summed E-state index contributed by atoms with van der Waals surface area (Å²) in [7, 11) is 1.46. The van der Waals surface area contributed by atoms with E-state index in [0.717, 1.165) is 5.57 Å². The van der Waals surface area contributed by atoms with Crippen molar-refractivity contribution in [3.05, 3.63) is 11.3 Å². The molecule has 0 aromatic rings. The Kier molecular flexibility index (Phi) is 2.47. The summed E-state index contributed by atoms with van der Waals surface area (Å²) < 4.78 is 5.00. The SMILES string of the molecule is CO[C@H]1C(=O)N2C(C(=O)O)=C(C)CS[C@H]12. The lowest BCUT2D eigenvalue weighted by Crippen LogP contribution is -2.65. The maximum Gasteiger partial charge on any atom is 0.352 e. The third-order valence-corrected chi connectivity index (χ3v) is 3.97. The van der Waals surface area contributed by atoms with Gasteiger partial charge in [-0.1, -0.05) is 0 Å². The minimum absolute atomic E-state index is 0.122. The Morgan fingerprint density at radius 3 is 2.87 bits per heavy atom. The molecule has 0 radical (unpaired) electrons. The Balaban J connectivity index is 2.32. The molecular formula is C9H11NO4S. The van der Waals surface area contributed by atoms with E-state index in [1.807, 2.05) is 0 Å². The molecule has 0 bridgehead atoms. The van der Waals surface area contributed by atoms with Gasteiger partial charge >= 0.3 is 5.97 Å². The van der Waals surface area contributed by atoms with Crippen LogP contribution in [-0.2, 0) is 14.3 Å². The van der Waals surface area contributed by atoms with Crippen molar-refractivity contribution in [3.63, 3.8) is 0 Å². The van der Waals surface area contributed by atoms with Gasteiger partial charge in [-0.05, 0) is 12.5 Å². The van der Waals surface area contributed by atoms with Crippen molar-refractivity contribution in [1.29, 1.82) is 0 Å². The van der Waals surface area contributed by atoms with Crippen LogP contribution in [0.3, 0.4) is 0 Å². The topological polar surface area (TPSA) is 66.8 Å². The molecule has 1 fully saturated rings. The van der Waals surface area contributed by atoms with Crippen LogP contribution in [0.5, 0.6) is 0 Å². The summed E-state index contributed by atoms with van der Waals surface area (Å²) in [6.45, 7) is 1.74. The van der Waals surface area contributed by atoms with Crippen molar-refractivity contribution in [1.82, 2.24) is 4.90 Å². The van der Waals surface area contributed by atoms with Crippen molar-refractivity contribution in [2.45, 2.75) is 18.4 Å². The molecule has 2 atom stereocenters. The molecule has 6 heteroatoms. The lowest BCUT2D eigenvalue weighted by molar-refractivity contribution is -0.162. The van der Waals surface area contributed by atoms with E-state index in [1.54, 1.807) is 6.92 Å². The normalized spacial score (nSPS) is 30.0. The van der Waals surface area contributed by atoms with E-state index >= 15 is 0 Å². The maximum absolute atomic E-state index is 11.6. The number of hydrogen-bond donors (Lipinski definition) is 1. The van der Waals surface area contributed by atoms with Crippen molar-refractivity contribution in [3.8, 4) is 0 Å². The quantitative estimate of drug-likeness (QED) is 0.689. The molecule has 1 amide bonds. The van der Waals surface area contributed by atoms with Crippen LogP contribution in [-0.4, -0.2) is 46.2 Å². The molecule has 15 heavy (non-hydrogen) atoms. The van der Waals surface area contributed by atoms with Crippen LogP contribution in [0.1, 0.15) is 6.92 Å². The molecule has 0 aliphatic carbocycles. The second kappa shape index (κ2) is 3.53. The number of thioether (sulfide) groups is 1. The Morgan fingerprint density at radius 1 is 1.67 bits per heavy atom. The van der Waals surface area contributed by atoms with Gasteiger partial charge in [-0.3, -0.25) is 9.69 Å². The first kappa shape index (κ1) is 10.5. The van der Waals surface area contributed by atoms with E-state index in [1.165, 1.54) is 23.8 Å². The van der Waals surface area contributed by atoms with Crippen LogP contribution in [0.2, 0.25) is 0 Å². The van der Waals surface area contributed by atoms with E-state index in [2.05, 4.69) is 0 Å². The van der Waals surface area contributed by atoms with E-state index in [4.69, 9.17) is 9.84 Å². The number of hydrogen-bond acceptors (Lipinski definition) is 4. The van der Waals surface area contributed by atoms with Gasteiger partial charge in [0.15, 0.2) is 6.10 Å². The Bertz CT molecular complexity index is 365. The highest BCUT2D eigenvalue weighted by Crippen LogP contribution is 2.40. The fourth-order valence-corrected chi connectivity index (χ4v) is 3.14. The highest BCUT2D eigenvalue weighted by Gasteiger charge is 2.53. The first-order valence-electron chi connectivity index (χ1n) is 4.48. The van der Waals surface area contributed by atoms with Gasteiger partial charge in [0.2, 0.25) is 0 Å². The standard InChI is InChI=1S/C9H11NO4S/c1-4-3-15-8-6(14-2)7(11)10(8)5(4)9(12)13/h6,8H,3H2,1-2H3,(H,12,13)/t6-,8+/m0/s1. The highest BCUT2D eigenvalue weighted by atomic mass is 32.2. The first-order chi connectivity index (χ1) is 7.07. The molecule has 0 aromatic carbocycles. The summed E-state index contributed by atoms with van der Waals surface area (Å²) >= 11 is 1.54. The number of β-lactam (4-membered cyclic amide) rings is 1. The molecule has 2 rings (SSSR count). The number of carboxylic acids is 1. The number of carboxylic acid groups (broad SMARTS) is 1. The molecule has 1 saturated heterocycles. The minimum atomic E-state index is -1.04. The van der Waals surface area contributed by atoms with Gasteiger partial charge in [0.05, 0.1) is 0 Å². The Labute approximate surface area is 91.1 Å². The predicted octanol–water partition coefficient (Wildman–Crippen LogP) is 0.275. The number of carbonyl (C=O) groups is 2. The van der Waals surface area contributed by atoms with E-state index < -0.39 is 12.1 Å². The van der Waals surface area contributed by atoms with Gasteiger partial charge in [0.1, 0.15) is 11.1 Å². The molecule has 0 spiro atoms. The fourth-order valence-electron chi connectivity index (χ4n) is 1.82. The summed E-state index contributed by atoms with van der Waals surface area (Å²) in [6.07, 6.45) is -0.488. The molecule has 82 valence electrons. The zero-order valence-electron chi connectivity index (χ0n) is 8.39. The van der Waals surface area contributed by atoms with Gasteiger partial charge in [0.25, 0.3) is 5.91 Å². The third-order valence-electron chi connectivity index (χ3n) is 2.57. The van der Waals surface area contributed by atoms with Crippen LogP contribution in [0.25, 0.3) is 0 Å². The van der Waals surface area contributed by atoms with Crippen LogP contribution < -0.4 is 0 Å². The second-order valence-corrected chi connectivity index (χ2v) is 4.61. The van der Waals surface area contributed by atoms with Crippen molar-refractivity contribution in [2.75, 3.05) is 12.9 Å². The maximum atomic E-state index is 11.6. The minimum Gasteiger partial charge on any atom is -0.477 e. The second-order valence-electron chi connectivity index (χ2n) is 3.50. The molecule has 0 saturated carbocycles. The predicted molar refractivity (Wildman–Crippen MR) is 54.2 cm³/mol. The average molecular weight is 229 g/mol. The summed E-state index contributed by atoms with van der Waals surface area (Å²) in [5.41, 5.74) is 0.851. The third kappa shape index (κ3) is 1.36. The average Bonchev–Trinajstić information content (AvgIpc) is 2.18. The number of carbonyl (C=O) groups excluding carboxylic acids is 1. The molecule has 0 aromatic heterocycles. The van der Waals surface area contributed by atoms with Crippen LogP contribution in [0, 0.1) is 0 Å². The molecule has 0 unspecified atom stereocenters. The molecule has 2 aliphatic rings. The fraction of sp³-hybridized carbons (Fsp3) is 0.556. The van der Waals surface area contributed by atoms with Crippen LogP contribution in [0.15, 0.2) is 11.3 Å². The first-order valence-corrected chi connectivity index (χ1v) is 5.53. The van der Waals surface area contributed by atoms with Crippen molar-refractivity contribution < 1.29 is 19.4 Å². The number of fused-ring (bicyclic) bond motifs is 1. The van der Waals surface area contributed by atoms with Crippen LogP contribution in [0.4, 0.5) is 0 Å². The van der Waals surface area contributed by atoms with E-state index in [0.29, 0.717) is 5.75 Å². The number of aliphatic carboxylic acids is 1. The lowest BCUT2D eigenvalue weighted by atomic mass is 10.1. The summed E-state index contributed by atoms with van der Waals surface area (Å²) in [5.74, 6) is -0.664. The number of amides is 1. The number of rotatable bonds is 2. The van der Waals surface area contributed by atoms with E-state index in [9.17, 15) is 9.59 Å². The number of methoxy groups -OCH3 is 1. The number of ether oxygens (including phenoxy) is 1. The monoisotopic (exact) mass is 229 g/mol. The van der Waals surface area contributed by atoms with Crippen molar-refractivity contribution >= 4 is 23.6 Å². The zero-order valence-corrected chi connectivity index (χ0v) is 9.21. The van der Waals surface area contributed by atoms with Gasteiger partial charge in [-0.25, -0.2) is 4.79 Å². The Hall–Kier alpha value is -1.01. The number of nitrogens with zero attached hydrogens (tertiary/aromatic N) is 1. The molecule has 5 nitrogen and oxygen atoms in total. The summed E-state index contributed by atoms with van der Waals surface area (Å²) in [6, 6.07) is 0. The largest absolute Gasteiger partial charge is 0.477 e. The smallest absolute Gasteiger partial charge is 0.352 e. The van der Waals surface area contributed by atoms with Gasteiger partial charge in [-0.15, -0.1) is 11.8 Å². The van der Waals surface area contributed by atoms with Gasteiger partial charge in [0, 0.05) is 12.9 Å². The van der Waals surface area contributed by atoms with E-state index in [-0.39, 0.29) is 17.0 Å². The highest BCUT2D eigenvalue weighted by molar-refractivity contribution is 8.00.